The molecule has 1 aromatic carbocycles. The van der Waals surface area contributed by atoms with Crippen molar-refractivity contribution in [1.82, 2.24) is 8.54 Å². The molecule has 0 aliphatic heterocycles. The molecule has 0 atom stereocenters. The van der Waals surface area contributed by atoms with E-state index in [-0.39, 0.29) is 12.2 Å². The third kappa shape index (κ3) is 3.30. The molecule has 0 radical (unpaired) electrons. The molecule has 150 valence electrons. The highest BCUT2D eigenvalue weighted by Gasteiger charge is 2.21. The number of hydrogen-bond donors (Lipinski definition) is 0. The Morgan fingerprint density at radius 2 is 1.97 bits per heavy atom. The van der Waals surface area contributed by atoms with Crippen LogP contribution in [0.3, 0.4) is 0 Å². The first kappa shape index (κ1) is 19.9. The number of rotatable bonds is 4. The molecule has 4 rings (SSSR count). The van der Waals surface area contributed by atoms with Gasteiger partial charge in [0.05, 0.1) is 28.5 Å². The Bertz CT molecular complexity index is 1450. The number of carbonyl (C=O) groups excluding carboxylic acids is 1. The smallest absolute Gasteiger partial charge is 0.349 e. The number of carbonyl (C=O) groups is 1. The molecule has 4 aromatic rings. The summed E-state index contributed by atoms with van der Waals surface area (Å²) in [5.41, 5.74) is 0.836. The predicted octanol–water partition coefficient (Wildman–Crippen LogP) is 3.75. The van der Waals surface area contributed by atoms with Crippen molar-refractivity contribution in [3.8, 4) is 5.69 Å². The molecule has 0 amide bonds. The molecule has 0 aliphatic rings. The van der Waals surface area contributed by atoms with Gasteiger partial charge >= 0.3 is 5.97 Å². The van der Waals surface area contributed by atoms with Crippen LogP contribution in [0.1, 0.15) is 16.6 Å². The lowest BCUT2D eigenvalue weighted by Gasteiger charge is -2.08. The van der Waals surface area contributed by atoms with Gasteiger partial charge in [-0.3, -0.25) is 9.36 Å². The zero-order valence-electron chi connectivity index (χ0n) is 15.4. The van der Waals surface area contributed by atoms with Crippen molar-refractivity contribution in [2.45, 2.75) is 6.92 Å². The van der Waals surface area contributed by atoms with E-state index in [9.17, 15) is 18.0 Å². The lowest BCUT2D eigenvalue weighted by atomic mass is 10.2. The van der Waals surface area contributed by atoms with Gasteiger partial charge in [0, 0.05) is 23.0 Å². The van der Waals surface area contributed by atoms with E-state index in [2.05, 4.69) is 15.9 Å². The monoisotopic (exact) mass is 494 g/mol. The number of benzene rings is 1. The molecular weight excluding hydrogens is 480 g/mol. The fraction of sp³-hybridized carbons (Fsp3) is 0.158. The average molecular weight is 495 g/mol. The highest BCUT2D eigenvalue weighted by atomic mass is 79.9. The summed E-state index contributed by atoms with van der Waals surface area (Å²) in [5, 5.41) is 1.39. The second kappa shape index (κ2) is 7.12. The summed E-state index contributed by atoms with van der Waals surface area (Å²) >= 11 is 4.61. The number of aromatic nitrogens is 2. The van der Waals surface area contributed by atoms with E-state index in [0.29, 0.717) is 36.2 Å². The molecule has 0 bridgehead atoms. The molecule has 0 saturated carbocycles. The Morgan fingerprint density at radius 1 is 1.21 bits per heavy atom. The highest BCUT2D eigenvalue weighted by Crippen LogP contribution is 2.36. The standard InChI is InChI=1S/C19H15BrN2O5S2/c1-3-27-19(24)17-16(20)13-5-7-15(23)22(18(13)28-17)12-4-6-14-11(10-12)8-9-21(14)29(2,25)26/h4-10H,3H2,1-2H3. The summed E-state index contributed by atoms with van der Waals surface area (Å²) in [5.74, 6) is -0.458. The number of halogens is 1. The van der Waals surface area contributed by atoms with E-state index in [1.54, 1.807) is 37.3 Å². The molecule has 0 aliphatic carbocycles. The van der Waals surface area contributed by atoms with Crippen molar-refractivity contribution in [3.63, 3.8) is 0 Å². The van der Waals surface area contributed by atoms with Crippen LogP contribution in [0, 0.1) is 0 Å². The highest BCUT2D eigenvalue weighted by molar-refractivity contribution is 9.10. The Morgan fingerprint density at radius 3 is 2.66 bits per heavy atom. The van der Waals surface area contributed by atoms with Gasteiger partial charge in [-0.05, 0) is 53.2 Å². The van der Waals surface area contributed by atoms with Crippen LogP contribution >= 0.6 is 27.3 Å². The lowest BCUT2D eigenvalue weighted by molar-refractivity contribution is 0.0531. The zero-order valence-corrected chi connectivity index (χ0v) is 18.6. The molecule has 29 heavy (non-hydrogen) atoms. The topological polar surface area (TPSA) is 87.4 Å². The zero-order chi connectivity index (χ0) is 20.9. The van der Waals surface area contributed by atoms with Gasteiger partial charge in [0.2, 0.25) is 10.0 Å². The van der Waals surface area contributed by atoms with Gasteiger partial charge in [0.25, 0.3) is 5.56 Å². The van der Waals surface area contributed by atoms with E-state index in [1.807, 2.05) is 0 Å². The Hall–Kier alpha value is -2.43. The number of pyridine rings is 1. The Kier molecular flexibility index (Phi) is 4.88. The van der Waals surface area contributed by atoms with Gasteiger partial charge < -0.3 is 4.74 Å². The van der Waals surface area contributed by atoms with E-state index in [1.165, 1.54) is 20.8 Å². The molecule has 7 nitrogen and oxygen atoms in total. The number of hydrogen-bond acceptors (Lipinski definition) is 6. The number of ether oxygens (including phenoxy) is 1. The van der Waals surface area contributed by atoms with E-state index < -0.39 is 16.0 Å². The van der Waals surface area contributed by atoms with Crippen LogP contribution in [0.4, 0.5) is 0 Å². The summed E-state index contributed by atoms with van der Waals surface area (Å²) in [4.78, 5) is 25.9. The Balaban J connectivity index is 1.96. The van der Waals surface area contributed by atoms with E-state index in [4.69, 9.17) is 4.74 Å². The van der Waals surface area contributed by atoms with Gasteiger partial charge in [-0.1, -0.05) is 0 Å². The quantitative estimate of drug-likeness (QED) is 0.403. The van der Waals surface area contributed by atoms with Gasteiger partial charge in [-0.15, -0.1) is 11.3 Å². The maximum absolute atomic E-state index is 12.7. The fourth-order valence-corrected chi connectivity index (χ4v) is 5.92. The summed E-state index contributed by atoms with van der Waals surface area (Å²) in [6.07, 6.45) is 2.61. The van der Waals surface area contributed by atoms with E-state index >= 15 is 0 Å². The minimum atomic E-state index is -3.43. The van der Waals surface area contributed by atoms with Crippen LogP contribution in [0.25, 0.3) is 26.8 Å². The number of fused-ring (bicyclic) bond motifs is 2. The second-order valence-corrected chi connectivity index (χ2v) is 9.96. The first-order chi connectivity index (χ1) is 13.7. The Labute approximate surface area is 178 Å². The first-order valence-corrected chi connectivity index (χ1v) is 12.0. The normalized spacial score (nSPS) is 12.0. The van der Waals surface area contributed by atoms with Gasteiger partial charge in [0.15, 0.2) is 0 Å². The van der Waals surface area contributed by atoms with Crippen LogP contribution in [0.5, 0.6) is 0 Å². The van der Waals surface area contributed by atoms with Crippen LogP contribution in [-0.4, -0.2) is 35.8 Å². The van der Waals surface area contributed by atoms with E-state index in [0.717, 1.165) is 17.6 Å². The van der Waals surface area contributed by atoms with Gasteiger partial charge in [0.1, 0.15) is 9.71 Å². The summed E-state index contributed by atoms with van der Waals surface area (Å²) in [6.45, 7) is 1.98. The number of thiophene rings is 1. The molecule has 0 saturated heterocycles. The summed E-state index contributed by atoms with van der Waals surface area (Å²) in [6, 6.07) is 9.86. The van der Waals surface area contributed by atoms with Crippen LogP contribution in [0.2, 0.25) is 0 Å². The molecule has 3 heterocycles. The largest absolute Gasteiger partial charge is 0.462 e. The van der Waals surface area contributed by atoms with Crippen LogP contribution in [-0.2, 0) is 14.8 Å². The minimum Gasteiger partial charge on any atom is -0.462 e. The van der Waals surface area contributed by atoms with Crippen molar-refractivity contribution in [2.75, 3.05) is 12.9 Å². The molecule has 10 heteroatoms. The predicted molar refractivity (Wildman–Crippen MR) is 117 cm³/mol. The van der Waals surface area contributed by atoms with Gasteiger partial charge in [-0.25, -0.2) is 17.2 Å². The van der Waals surface area contributed by atoms with Crippen molar-refractivity contribution in [3.05, 3.63) is 62.3 Å². The summed E-state index contributed by atoms with van der Waals surface area (Å²) in [7, 11) is -3.43. The third-order valence-corrected chi connectivity index (χ3v) is 7.69. The SMILES string of the molecule is CCOC(=O)c1sc2c(ccc(=O)n2-c2ccc3c(ccn3S(C)(=O)=O)c2)c1Br. The molecular formula is C19H15BrN2O5S2. The maximum Gasteiger partial charge on any atom is 0.349 e. The molecule has 3 aromatic heterocycles. The van der Waals surface area contributed by atoms with Crippen LogP contribution in [0.15, 0.2) is 51.9 Å². The second-order valence-electron chi connectivity index (χ2n) is 6.31. The van der Waals surface area contributed by atoms with Crippen LogP contribution < -0.4 is 5.56 Å². The maximum atomic E-state index is 12.7. The lowest BCUT2D eigenvalue weighted by Crippen LogP contribution is -2.16. The van der Waals surface area contributed by atoms with Crippen molar-refractivity contribution in [2.24, 2.45) is 0 Å². The molecule has 0 spiro atoms. The van der Waals surface area contributed by atoms with Crippen molar-refractivity contribution < 1.29 is 17.9 Å². The fourth-order valence-electron chi connectivity index (χ4n) is 3.16. The average Bonchev–Trinajstić information content (AvgIpc) is 3.22. The number of nitrogens with zero attached hydrogens (tertiary/aromatic N) is 2. The first-order valence-electron chi connectivity index (χ1n) is 8.55. The third-order valence-electron chi connectivity index (χ3n) is 4.40. The number of esters is 1. The van der Waals surface area contributed by atoms with Crippen molar-refractivity contribution >= 4 is 64.4 Å². The molecule has 0 unspecified atom stereocenters. The minimum absolute atomic E-state index is 0.250. The summed E-state index contributed by atoms with van der Waals surface area (Å²) < 4.78 is 32.2. The van der Waals surface area contributed by atoms with Gasteiger partial charge in [-0.2, -0.15) is 0 Å². The van der Waals surface area contributed by atoms with Crippen molar-refractivity contribution in [1.29, 1.82) is 0 Å². The molecule has 0 fully saturated rings. The molecule has 0 N–H and O–H groups in total.